The highest BCUT2D eigenvalue weighted by molar-refractivity contribution is 5.31. The lowest BCUT2D eigenvalue weighted by Crippen LogP contribution is -1.84. The highest BCUT2D eigenvalue weighted by Gasteiger charge is 2.27. The van der Waals surface area contributed by atoms with Gasteiger partial charge in [-0.2, -0.15) is 0 Å². The zero-order valence-electron chi connectivity index (χ0n) is 6.99. The molecule has 0 N–H and O–H groups in total. The van der Waals surface area contributed by atoms with E-state index < -0.39 is 0 Å². The van der Waals surface area contributed by atoms with Gasteiger partial charge in [0.2, 0.25) is 0 Å². The van der Waals surface area contributed by atoms with Crippen LogP contribution in [-0.4, -0.2) is 6.61 Å². The van der Waals surface area contributed by atoms with Crippen LogP contribution in [0.15, 0.2) is 24.3 Å². The van der Waals surface area contributed by atoms with Crippen LogP contribution in [0.1, 0.15) is 36.0 Å². The van der Waals surface area contributed by atoms with Crippen molar-refractivity contribution < 1.29 is 4.74 Å². The van der Waals surface area contributed by atoms with Crippen LogP contribution in [0, 0.1) is 0 Å². The van der Waals surface area contributed by atoms with Crippen molar-refractivity contribution in [3.8, 4) is 0 Å². The van der Waals surface area contributed by atoms with Crippen molar-refractivity contribution in [2.24, 2.45) is 0 Å². The molecule has 1 saturated carbocycles. The molecular formula is C11H12O. The molecule has 0 radical (unpaired) electrons. The third-order valence-corrected chi connectivity index (χ3v) is 2.66. The van der Waals surface area contributed by atoms with Gasteiger partial charge in [-0.3, -0.25) is 0 Å². The van der Waals surface area contributed by atoms with Crippen molar-refractivity contribution >= 4 is 0 Å². The molecule has 12 heavy (non-hydrogen) atoms. The van der Waals surface area contributed by atoms with Gasteiger partial charge in [-0.15, -0.1) is 0 Å². The maximum absolute atomic E-state index is 5.25. The summed E-state index contributed by atoms with van der Waals surface area (Å²) in [6.45, 7) is 0.925. The Labute approximate surface area is 72.4 Å². The minimum absolute atomic E-state index is 0.420. The van der Waals surface area contributed by atoms with Gasteiger partial charge in [-0.25, -0.2) is 0 Å². The van der Waals surface area contributed by atoms with E-state index in [0.29, 0.717) is 6.10 Å². The molecule has 0 unspecified atom stereocenters. The van der Waals surface area contributed by atoms with Gasteiger partial charge in [0.1, 0.15) is 6.10 Å². The summed E-state index contributed by atoms with van der Waals surface area (Å²) in [6, 6.07) is 8.88. The van der Waals surface area contributed by atoms with Gasteiger partial charge in [0, 0.05) is 0 Å². The predicted molar refractivity (Wildman–Crippen MR) is 47.1 cm³/mol. The fraction of sp³-hybridized carbons (Fsp3) is 0.455. The number of ether oxygens (including phenoxy) is 1. The molecule has 0 spiro atoms. The smallest absolute Gasteiger partial charge is 0.106 e. The predicted octanol–water partition coefficient (Wildman–Crippen LogP) is 2.64. The Balaban J connectivity index is 1.93. The lowest BCUT2D eigenvalue weighted by Gasteiger charge is -2.00. The van der Waals surface area contributed by atoms with Crippen LogP contribution in [-0.2, 0) is 4.74 Å². The van der Waals surface area contributed by atoms with E-state index in [4.69, 9.17) is 4.74 Å². The van der Waals surface area contributed by atoms with Gasteiger partial charge in [-0.1, -0.05) is 24.3 Å². The van der Waals surface area contributed by atoms with Crippen LogP contribution in [0.25, 0.3) is 0 Å². The Kier molecular flexibility index (Phi) is 1.30. The molecule has 1 heterocycles. The van der Waals surface area contributed by atoms with Crippen molar-refractivity contribution in [3.05, 3.63) is 35.4 Å². The number of rotatable bonds is 2. The molecule has 0 aromatic heterocycles. The maximum Gasteiger partial charge on any atom is 0.106 e. The van der Waals surface area contributed by atoms with E-state index in [9.17, 15) is 0 Å². The summed E-state index contributed by atoms with van der Waals surface area (Å²) in [4.78, 5) is 0. The number of hydrogen-bond acceptors (Lipinski definition) is 1. The monoisotopic (exact) mass is 160 g/mol. The van der Waals surface area contributed by atoms with Crippen molar-refractivity contribution in [2.75, 3.05) is 6.61 Å². The van der Waals surface area contributed by atoms with Gasteiger partial charge in [-0.05, 0) is 29.9 Å². The minimum atomic E-state index is 0.420. The first-order valence-electron chi connectivity index (χ1n) is 4.65. The molecule has 1 aliphatic heterocycles. The first-order valence-corrected chi connectivity index (χ1v) is 4.65. The number of benzene rings is 1. The molecule has 2 aliphatic rings. The van der Waals surface area contributed by atoms with Crippen LogP contribution < -0.4 is 0 Å². The summed E-state index contributed by atoms with van der Waals surface area (Å²) >= 11 is 0. The second kappa shape index (κ2) is 2.33. The van der Waals surface area contributed by atoms with E-state index in [1.165, 1.54) is 24.0 Å². The highest BCUT2D eigenvalue weighted by atomic mass is 16.6. The normalized spacial score (nSPS) is 27.2. The molecule has 1 nitrogen and oxygen atoms in total. The molecule has 1 saturated heterocycles. The van der Waals surface area contributed by atoms with Gasteiger partial charge < -0.3 is 4.74 Å². The molecule has 3 rings (SSSR count). The van der Waals surface area contributed by atoms with Crippen LogP contribution in [0.4, 0.5) is 0 Å². The van der Waals surface area contributed by atoms with Gasteiger partial charge in [0.15, 0.2) is 0 Å². The molecule has 62 valence electrons. The molecule has 1 aromatic rings. The molecule has 0 amide bonds. The van der Waals surface area contributed by atoms with Gasteiger partial charge in [0.05, 0.1) is 6.61 Å². The molecule has 0 bridgehead atoms. The van der Waals surface area contributed by atoms with Crippen LogP contribution in [0.5, 0.6) is 0 Å². The third-order valence-electron chi connectivity index (χ3n) is 2.66. The van der Waals surface area contributed by atoms with Gasteiger partial charge in [0.25, 0.3) is 0 Å². The van der Waals surface area contributed by atoms with Crippen LogP contribution in [0.2, 0.25) is 0 Å². The summed E-state index contributed by atoms with van der Waals surface area (Å²) in [7, 11) is 0. The summed E-state index contributed by atoms with van der Waals surface area (Å²) in [5.41, 5.74) is 2.89. The standard InChI is InChI=1S/C11H12O/c1-2-9(8-4-5-8)6-10(3-1)11-7-12-11/h1-3,6,8,11H,4-5,7H2/t11-/m0/s1. The van der Waals surface area contributed by atoms with Crippen molar-refractivity contribution in [1.29, 1.82) is 0 Å². The first kappa shape index (κ1) is 6.67. The summed E-state index contributed by atoms with van der Waals surface area (Å²) < 4.78 is 5.25. The van der Waals surface area contributed by atoms with E-state index >= 15 is 0 Å². The van der Waals surface area contributed by atoms with E-state index in [2.05, 4.69) is 24.3 Å². The molecule has 1 aliphatic carbocycles. The third kappa shape index (κ3) is 1.14. The molecule has 2 fully saturated rings. The average molecular weight is 160 g/mol. The zero-order chi connectivity index (χ0) is 7.97. The van der Waals surface area contributed by atoms with Crippen molar-refractivity contribution in [2.45, 2.75) is 24.9 Å². The van der Waals surface area contributed by atoms with E-state index in [-0.39, 0.29) is 0 Å². The van der Waals surface area contributed by atoms with Crippen LogP contribution in [0.3, 0.4) is 0 Å². The fourth-order valence-corrected chi connectivity index (χ4v) is 1.67. The van der Waals surface area contributed by atoms with Crippen molar-refractivity contribution in [1.82, 2.24) is 0 Å². The Morgan fingerprint density at radius 2 is 1.92 bits per heavy atom. The largest absolute Gasteiger partial charge is 0.368 e. The lowest BCUT2D eigenvalue weighted by molar-refractivity contribution is 0.415. The second-order valence-electron chi connectivity index (χ2n) is 3.77. The summed E-state index contributed by atoms with van der Waals surface area (Å²) in [5, 5.41) is 0. The first-order chi connectivity index (χ1) is 5.93. The summed E-state index contributed by atoms with van der Waals surface area (Å²) in [6.07, 6.45) is 3.19. The molecule has 1 heteroatoms. The highest BCUT2D eigenvalue weighted by Crippen LogP contribution is 2.41. The Morgan fingerprint density at radius 1 is 1.17 bits per heavy atom. The second-order valence-corrected chi connectivity index (χ2v) is 3.77. The number of hydrogen-bond donors (Lipinski definition) is 0. The van der Waals surface area contributed by atoms with Crippen molar-refractivity contribution in [3.63, 3.8) is 0 Å². The number of epoxide rings is 1. The topological polar surface area (TPSA) is 12.5 Å². The zero-order valence-corrected chi connectivity index (χ0v) is 6.99. The quantitative estimate of drug-likeness (QED) is 0.606. The van der Waals surface area contributed by atoms with E-state index in [1.54, 1.807) is 0 Å². The lowest BCUT2D eigenvalue weighted by atomic mass is 10.1. The average Bonchev–Trinajstić information content (AvgIpc) is 2.98. The minimum Gasteiger partial charge on any atom is -0.368 e. The Hall–Kier alpha value is -0.820. The van der Waals surface area contributed by atoms with E-state index in [0.717, 1.165) is 12.5 Å². The molecular weight excluding hydrogens is 148 g/mol. The Morgan fingerprint density at radius 3 is 2.58 bits per heavy atom. The van der Waals surface area contributed by atoms with Crippen LogP contribution >= 0.6 is 0 Å². The Bertz CT molecular complexity index is 270. The van der Waals surface area contributed by atoms with E-state index in [1.807, 2.05) is 0 Å². The SMILES string of the molecule is c1cc(C2CC2)cc([C@@H]2CO2)c1. The molecule has 1 aromatic carbocycles. The summed E-state index contributed by atoms with van der Waals surface area (Å²) in [5.74, 6) is 0.865. The van der Waals surface area contributed by atoms with Gasteiger partial charge >= 0.3 is 0 Å². The molecule has 1 atom stereocenters. The maximum atomic E-state index is 5.25. The fourth-order valence-electron chi connectivity index (χ4n) is 1.67.